The van der Waals surface area contributed by atoms with Gasteiger partial charge in [0.1, 0.15) is 5.82 Å². The Morgan fingerprint density at radius 3 is 2.37 bits per heavy atom. The Morgan fingerprint density at radius 2 is 1.68 bits per heavy atom. The van der Waals surface area contributed by atoms with Gasteiger partial charge in [-0.1, -0.05) is 24.3 Å². The van der Waals surface area contributed by atoms with E-state index >= 15 is 0 Å². The van der Waals surface area contributed by atoms with Crippen LogP contribution in [0, 0.1) is 17.5 Å². The molecule has 2 aromatic carbocycles. The summed E-state index contributed by atoms with van der Waals surface area (Å²) in [6, 6.07) is 9.98. The summed E-state index contributed by atoms with van der Waals surface area (Å²) >= 11 is 0. The van der Waals surface area contributed by atoms with E-state index in [4.69, 9.17) is 0 Å². The Balaban J connectivity index is 2.02. The molecule has 1 nitrogen and oxygen atoms in total. The number of rotatable bonds is 4. The number of benzene rings is 2. The molecule has 0 radical (unpaired) electrons. The van der Waals surface area contributed by atoms with Gasteiger partial charge in [-0.3, -0.25) is 0 Å². The Bertz CT molecular complexity index is 569. The molecule has 0 aliphatic carbocycles. The minimum absolute atomic E-state index is 0.214. The molecule has 1 atom stereocenters. The number of hydrogen-bond donors (Lipinski definition) is 1. The standard InChI is InChI=1S/C15H14F3N/c1-10(12-4-2-3-5-13(12)16)19-9-11-6-7-14(17)15(18)8-11/h2-8,10,19H,9H2,1H3. The lowest BCUT2D eigenvalue weighted by Gasteiger charge is -2.15. The molecule has 2 aromatic rings. The van der Waals surface area contributed by atoms with Gasteiger partial charge in [-0.25, -0.2) is 13.2 Å². The minimum Gasteiger partial charge on any atom is -0.306 e. The Labute approximate surface area is 110 Å². The zero-order chi connectivity index (χ0) is 13.8. The molecule has 1 unspecified atom stereocenters. The lowest BCUT2D eigenvalue weighted by molar-refractivity contribution is 0.501. The first-order valence-corrected chi connectivity index (χ1v) is 5.99. The lowest BCUT2D eigenvalue weighted by atomic mass is 10.1. The quantitative estimate of drug-likeness (QED) is 0.882. The van der Waals surface area contributed by atoms with E-state index in [1.54, 1.807) is 18.2 Å². The van der Waals surface area contributed by atoms with Crippen LogP contribution >= 0.6 is 0 Å². The molecular weight excluding hydrogens is 251 g/mol. The lowest BCUT2D eigenvalue weighted by Crippen LogP contribution is -2.19. The molecule has 0 aromatic heterocycles. The Morgan fingerprint density at radius 1 is 0.947 bits per heavy atom. The molecule has 0 spiro atoms. The molecule has 0 amide bonds. The highest BCUT2D eigenvalue weighted by Crippen LogP contribution is 2.17. The highest BCUT2D eigenvalue weighted by molar-refractivity contribution is 5.22. The highest BCUT2D eigenvalue weighted by atomic mass is 19.2. The minimum atomic E-state index is -0.877. The molecule has 0 heterocycles. The molecule has 0 saturated carbocycles. The second-order valence-corrected chi connectivity index (χ2v) is 4.37. The van der Waals surface area contributed by atoms with E-state index in [2.05, 4.69) is 5.32 Å². The van der Waals surface area contributed by atoms with Crippen LogP contribution in [0.15, 0.2) is 42.5 Å². The first-order valence-electron chi connectivity index (χ1n) is 5.99. The molecule has 0 bridgehead atoms. The summed E-state index contributed by atoms with van der Waals surface area (Å²) in [5, 5.41) is 3.07. The van der Waals surface area contributed by atoms with Crippen molar-refractivity contribution in [1.82, 2.24) is 5.32 Å². The van der Waals surface area contributed by atoms with E-state index < -0.39 is 11.6 Å². The van der Waals surface area contributed by atoms with Crippen LogP contribution in [0.3, 0.4) is 0 Å². The fraction of sp³-hybridized carbons (Fsp3) is 0.200. The maximum absolute atomic E-state index is 13.5. The smallest absolute Gasteiger partial charge is 0.159 e. The topological polar surface area (TPSA) is 12.0 Å². The van der Waals surface area contributed by atoms with E-state index in [1.165, 1.54) is 12.1 Å². The summed E-state index contributed by atoms with van der Waals surface area (Å²) in [4.78, 5) is 0. The predicted molar refractivity (Wildman–Crippen MR) is 68.0 cm³/mol. The van der Waals surface area contributed by atoms with Gasteiger partial charge in [0.25, 0.3) is 0 Å². The van der Waals surface area contributed by atoms with Crippen molar-refractivity contribution in [2.45, 2.75) is 19.5 Å². The van der Waals surface area contributed by atoms with Crippen molar-refractivity contribution in [3.8, 4) is 0 Å². The molecule has 2 rings (SSSR count). The van der Waals surface area contributed by atoms with Crippen molar-refractivity contribution in [3.05, 3.63) is 71.0 Å². The molecule has 1 N–H and O–H groups in total. The average molecular weight is 265 g/mol. The van der Waals surface area contributed by atoms with Crippen LogP contribution in [0.25, 0.3) is 0 Å². The summed E-state index contributed by atoms with van der Waals surface area (Å²) in [6.45, 7) is 2.16. The number of nitrogens with one attached hydrogen (secondary N) is 1. The van der Waals surface area contributed by atoms with Crippen molar-refractivity contribution in [3.63, 3.8) is 0 Å². The van der Waals surface area contributed by atoms with E-state index in [1.807, 2.05) is 6.92 Å². The predicted octanol–water partition coefficient (Wildman–Crippen LogP) is 3.95. The van der Waals surface area contributed by atoms with Gasteiger partial charge in [-0.2, -0.15) is 0 Å². The van der Waals surface area contributed by atoms with Crippen LogP contribution in [0.5, 0.6) is 0 Å². The Hall–Kier alpha value is -1.81. The van der Waals surface area contributed by atoms with E-state index in [0.29, 0.717) is 17.7 Å². The van der Waals surface area contributed by atoms with Crippen molar-refractivity contribution in [2.75, 3.05) is 0 Å². The maximum atomic E-state index is 13.5. The van der Waals surface area contributed by atoms with Crippen molar-refractivity contribution < 1.29 is 13.2 Å². The number of hydrogen-bond acceptors (Lipinski definition) is 1. The molecule has 4 heteroatoms. The molecule has 19 heavy (non-hydrogen) atoms. The summed E-state index contributed by atoms with van der Waals surface area (Å²) in [7, 11) is 0. The summed E-state index contributed by atoms with van der Waals surface area (Å²) < 4.78 is 39.3. The van der Waals surface area contributed by atoms with Crippen LogP contribution in [-0.2, 0) is 6.54 Å². The third kappa shape index (κ3) is 3.35. The number of halogens is 3. The van der Waals surface area contributed by atoms with Crippen LogP contribution in [0.4, 0.5) is 13.2 Å². The third-order valence-corrected chi connectivity index (χ3v) is 2.97. The normalized spacial score (nSPS) is 12.4. The fourth-order valence-electron chi connectivity index (χ4n) is 1.86. The van der Waals surface area contributed by atoms with Crippen LogP contribution in [-0.4, -0.2) is 0 Å². The SMILES string of the molecule is CC(NCc1ccc(F)c(F)c1)c1ccccc1F. The fourth-order valence-corrected chi connectivity index (χ4v) is 1.86. The van der Waals surface area contributed by atoms with Gasteiger partial charge in [0.2, 0.25) is 0 Å². The molecule has 0 fully saturated rings. The van der Waals surface area contributed by atoms with Crippen molar-refractivity contribution in [1.29, 1.82) is 0 Å². The molecule has 0 saturated heterocycles. The largest absolute Gasteiger partial charge is 0.306 e. The van der Waals surface area contributed by atoms with Crippen LogP contribution in [0.1, 0.15) is 24.1 Å². The van der Waals surface area contributed by atoms with Crippen molar-refractivity contribution >= 4 is 0 Å². The zero-order valence-corrected chi connectivity index (χ0v) is 10.5. The van der Waals surface area contributed by atoms with Gasteiger partial charge >= 0.3 is 0 Å². The molecular formula is C15H14F3N. The average Bonchev–Trinajstić information content (AvgIpc) is 2.40. The second-order valence-electron chi connectivity index (χ2n) is 4.37. The first kappa shape index (κ1) is 13.6. The molecule has 0 aliphatic rings. The van der Waals surface area contributed by atoms with Gasteiger partial charge in [0, 0.05) is 18.2 Å². The zero-order valence-electron chi connectivity index (χ0n) is 10.5. The summed E-state index contributed by atoms with van der Waals surface area (Å²) in [6.07, 6.45) is 0. The maximum Gasteiger partial charge on any atom is 0.159 e. The third-order valence-electron chi connectivity index (χ3n) is 2.97. The summed E-state index contributed by atoms with van der Waals surface area (Å²) in [5.74, 6) is -2.03. The second kappa shape index (κ2) is 5.89. The first-order chi connectivity index (χ1) is 9.08. The molecule has 0 aliphatic heterocycles. The monoisotopic (exact) mass is 265 g/mol. The van der Waals surface area contributed by atoms with E-state index in [9.17, 15) is 13.2 Å². The summed E-state index contributed by atoms with van der Waals surface area (Å²) in [5.41, 5.74) is 1.16. The van der Waals surface area contributed by atoms with Gasteiger partial charge in [0.15, 0.2) is 11.6 Å². The van der Waals surface area contributed by atoms with Gasteiger partial charge in [-0.15, -0.1) is 0 Å². The van der Waals surface area contributed by atoms with Crippen LogP contribution < -0.4 is 5.32 Å². The Kier molecular flexibility index (Phi) is 4.22. The van der Waals surface area contributed by atoms with Crippen LogP contribution in [0.2, 0.25) is 0 Å². The van der Waals surface area contributed by atoms with Gasteiger partial charge in [-0.05, 0) is 30.7 Å². The van der Waals surface area contributed by atoms with E-state index in [0.717, 1.165) is 12.1 Å². The molecule has 100 valence electrons. The van der Waals surface area contributed by atoms with E-state index in [-0.39, 0.29) is 11.9 Å². The van der Waals surface area contributed by atoms with Crippen molar-refractivity contribution in [2.24, 2.45) is 0 Å². The van der Waals surface area contributed by atoms with Gasteiger partial charge in [0.05, 0.1) is 0 Å². The van der Waals surface area contributed by atoms with Gasteiger partial charge < -0.3 is 5.32 Å². The highest BCUT2D eigenvalue weighted by Gasteiger charge is 2.10.